The summed E-state index contributed by atoms with van der Waals surface area (Å²) in [5.74, 6) is -0.0913. The lowest BCUT2D eigenvalue weighted by Gasteiger charge is -2.12. The van der Waals surface area contributed by atoms with E-state index in [1.54, 1.807) is 12.1 Å². The van der Waals surface area contributed by atoms with Gasteiger partial charge in [-0.2, -0.15) is 0 Å². The van der Waals surface area contributed by atoms with Gasteiger partial charge in [-0.15, -0.1) is 0 Å². The Labute approximate surface area is 107 Å². The van der Waals surface area contributed by atoms with Gasteiger partial charge in [-0.05, 0) is 30.7 Å². The number of carbonyl (C=O) groups excluding carboxylic acids is 2. The molecule has 0 fully saturated rings. The number of hydrogen-bond donors (Lipinski definition) is 2. The molecule has 0 aromatic heterocycles. The second kappa shape index (κ2) is 7.32. The predicted molar refractivity (Wildman–Crippen MR) is 71.8 cm³/mol. The van der Waals surface area contributed by atoms with Crippen LogP contribution in [0, 0.1) is 0 Å². The second-order valence-corrected chi connectivity index (χ2v) is 4.12. The molecule has 5 heteroatoms. The van der Waals surface area contributed by atoms with Crippen LogP contribution in [0.25, 0.3) is 0 Å². The molecular weight excluding hydrogens is 230 g/mol. The summed E-state index contributed by atoms with van der Waals surface area (Å²) in [6.07, 6.45) is 1.38. The maximum absolute atomic E-state index is 11.7. The van der Waals surface area contributed by atoms with Gasteiger partial charge < -0.3 is 15.5 Å². The van der Waals surface area contributed by atoms with Crippen LogP contribution in [0.2, 0.25) is 0 Å². The highest BCUT2D eigenvalue weighted by Gasteiger charge is 2.04. The average Bonchev–Trinajstić information content (AvgIpc) is 2.38. The van der Waals surface area contributed by atoms with Crippen LogP contribution in [-0.2, 0) is 4.79 Å². The molecule has 1 rings (SSSR count). The summed E-state index contributed by atoms with van der Waals surface area (Å²) in [5, 5.41) is 5.34. The molecule has 2 N–H and O–H groups in total. The molecule has 0 unspecified atom stereocenters. The summed E-state index contributed by atoms with van der Waals surface area (Å²) in [7, 11) is 3.91. The number of carbonyl (C=O) groups is 2. The zero-order chi connectivity index (χ0) is 13.4. The average molecular weight is 249 g/mol. The van der Waals surface area contributed by atoms with Gasteiger partial charge in [0, 0.05) is 38.4 Å². The third-order valence-corrected chi connectivity index (χ3v) is 2.51. The molecule has 0 atom stereocenters. The fraction of sp³-hybridized carbons (Fsp3) is 0.385. The summed E-state index contributed by atoms with van der Waals surface area (Å²) >= 11 is 0. The molecule has 0 saturated heterocycles. The van der Waals surface area contributed by atoms with Gasteiger partial charge in [0.2, 0.25) is 6.41 Å². The van der Waals surface area contributed by atoms with Crippen molar-refractivity contribution >= 4 is 18.0 Å². The van der Waals surface area contributed by atoms with E-state index in [-0.39, 0.29) is 5.91 Å². The van der Waals surface area contributed by atoms with Crippen molar-refractivity contribution in [1.82, 2.24) is 10.6 Å². The van der Waals surface area contributed by atoms with Crippen molar-refractivity contribution in [3.05, 3.63) is 29.8 Å². The first-order chi connectivity index (χ1) is 8.65. The molecule has 1 aromatic carbocycles. The van der Waals surface area contributed by atoms with Gasteiger partial charge in [-0.1, -0.05) is 0 Å². The van der Waals surface area contributed by atoms with E-state index < -0.39 is 0 Å². The topological polar surface area (TPSA) is 61.4 Å². The van der Waals surface area contributed by atoms with Crippen molar-refractivity contribution in [1.29, 1.82) is 0 Å². The molecule has 0 bridgehead atoms. The maximum Gasteiger partial charge on any atom is 0.251 e. The van der Waals surface area contributed by atoms with E-state index in [4.69, 9.17) is 0 Å². The molecule has 0 radical (unpaired) electrons. The quantitative estimate of drug-likeness (QED) is 0.550. The molecule has 18 heavy (non-hydrogen) atoms. The van der Waals surface area contributed by atoms with Crippen LogP contribution >= 0.6 is 0 Å². The van der Waals surface area contributed by atoms with Gasteiger partial charge in [-0.3, -0.25) is 9.59 Å². The van der Waals surface area contributed by atoms with Crippen molar-refractivity contribution in [2.75, 3.05) is 32.1 Å². The Hall–Kier alpha value is -2.04. The number of nitrogens with one attached hydrogen (secondary N) is 2. The van der Waals surface area contributed by atoms with Crippen LogP contribution in [0.3, 0.4) is 0 Å². The van der Waals surface area contributed by atoms with Gasteiger partial charge in [0.15, 0.2) is 0 Å². The van der Waals surface area contributed by atoms with E-state index >= 15 is 0 Å². The number of benzene rings is 1. The summed E-state index contributed by atoms with van der Waals surface area (Å²) in [6.45, 7) is 1.12. The molecule has 98 valence electrons. The van der Waals surface area contributed by atoms with Crippen molar-refractivity contribution in [3.63, 3.8) is 0 Å². The Morgan fingerprint density at radius 2 is 1.89 bits per heavy atom. The molecule has 0 spiro atoms. The lowest BCUT2D eigenvalue weighted by atomic mass is 10.2. The Balaban J connectivity index is 2.39. The van der Waals surface area contributed by atoms with Gasteiger partial charge in [0.05, 0.1) is 0 Å². The standard InChI is InChI=1S/C13H19N3O2/c1-16(2)12-6-4-11(5-7-12)13(18)15-9-3-8-14-10-17/h4-7,10H,3,8-9H2,1-2H3,(H,14,17)(H,15,18). The molecule has 1 aromatic rings. The third-order valence-electron chi connectivity index (χ3n) is 2.51. The van der Waals surface area contributed by atoms with Crippen LogP contribution in [-0.4, -0.2) is 39.5 Å². The fourth-order valence-electron chi connectivity index (χ4n) is 1.46. The minimum Gasteiger partial charge on any atom is -0.378 e. The molecular formula is C13H19N3O2. The maximum atomic E-state index is 11.7. The lowest BCUT2D eigenvalue weighted by Crippen LogP contribution is -2.27. The largest absolute Gasteiger partial charge is 0.378 e. The van der Waals surface area contributed by atoms with E-state index in [9.17, 15) is 9.59 Å². The minimum absolute atomic E-state index is 0.0913. The SMILES string of the molecule is CN(C)c1ccc(C(=O)NCCCNC=O)cc1. The summed E-state index contributed by atoms with van der Waals surface area (Å²) in [5.41, 5.74) is 1.70. The lowest BCUT2D eigenvalue weighted by molar-refractivity contribution is -0.109. The smallest absolute Gasteiger partial charge is 0.251 e. The van der Waals surface area contributed by atoms with Crippen molar-refractivity contribution in [2.45, 2.75) is 6.42 Å². The van der Waals surface area contributed by atoms with Crippen molar-refractivity contribution in [3.8, 4) is 0 Å². The van der Waals surface area contributed by atoms with Crippen LogP contribution in [0.5, 0.6) is 0 Å². The molecule has 0 aliphatic rings. The summed E-state index contributed by atoms with van der Waals surface area (Å²) in [6, 6.07) is 7.41. The van der Waals surface area contributed by atoms with Gasteiger partial charge in [-0.25, -0.2) is 0 Å². The number of amides is 2. The van der Waals surface area contributed by atoms with Gasteiger partial charge >= 0.3 is 0 Å². The Kier molecular flexibility index (Phi) is 5.70. The van der Waals surface area contributed by atoms with Crippen molar-refractivity contribution in [2.24, 2.45) is 0 Å². The summed E-state index contributed by atoms with van der Waals surface area (Å²) < 4.78 is 0. The third kappa shape index (κ3) is 4.45. The normalized spacial score (nSPS) is 9.67. The molecule has 5 nitrogen and oxygen atoms in total. The highest BCUT2D eigenvalue weighted by Crippen LogP contribution is 2.11. The van der Waals surface area contributed by atoms with E-state index in [1.807, 2.05) is 31.1 Å². The van der Waals surface area contributed by atoms with Crippen LogP contribution in [0.15, 0.2) is 24.3 Å². The molecule has 0 aliphatic heterocycles. The van der Waals surface area contributed by atoms with Crippen molar-refractivity contribution < 1.29 is 9.59 Å². The summed E-state index contributed by atoms with van der Waals surface area (Å²) in [4.78, 5) is 23.7. The van der Waals surface area contributed by atoms with E-state index in [0.717, 1.165) is 12.1 Å². The number of anilines is 1. The molecule has 0 heterocycles. The predicted octanol–water partition coefficient (Wildman–Crippen LogP) is 0.619. The van der Waals surface area contributed by atoms with Crippen LogP contribution in [0.1, 0.15) is 16.8 Å². The van der Waals surface area contributed by atoms with Crippen LogP contribution < -0.4 is 15.5 Å². The van der Waals surface area contributed by atoms with Crippen LogP contribution in [0.4, 0.5) is 5.69 Å². The Bertz CT molecular complexity index is 388. The van der Waals surface area contributed by atoms with E-state index in [0.29, 0.717) is 25.1 Å². The number of nitrogens with zero attached hydrogens (tertiary/aromatic N) is 1. The zero-order valence-electron chi connectivity index (χ0n) is 10.8. The van der Waals surface area contributed by atoms with E-state index in [2.05, 4.69) is 10.6 Å². The van der Waals surface area contributed by atoms with Gasteiger partial charge in [0.1, 0.15) is 0 Å². The first kappa shape index (κ1) is 14.0. The molecule has 2 amide bonds. The highest BCUT2D eigenvalue weighted by atomic mass is 16.1. The zero-order valence-corrected chi connectivity index (χ0v) is 10.8. The second-order valence-electron chi connectivity index (χ2n) is 4.12. The Morgan fingerprint density at radius 1 is 1.22 bits per heavy atom. The fourth-order valence-corrected chi connectivity index (χ4v) is 1.46. The van der Waals surface area contributed by atoms with E-state index in [1.165, 1.54) is 0 Å². The number of rotatable bonds is 7. The first-order valence-corrected chi connectivity index (χ1v) is 5.88. The number of hydrogen-bond acceptors (Lipinski definition) is 3. The highest BCUT2D eigenvalue weighted by molar-refractivity contribution is 5.94. The first-order valence-electron chi connectivity index (χ1n) is 5.88. The molecule has 0 saturated carbocycles. The minimum atomic E-state index is -0.0913. The van der Waals surface area contributed by atoms with Gasteiger partial charge in [0.25, 0.3) is 5.91 Å². The Morgan fingerprint density at radius 3 is 2.44 bits per heavy atom. The monoisotopic (exact) mass is 249 g/mol. The molecule has 0 aliphatic carbocycles.